The van der Waals surface area contributed by atoms with E-state index >= 15 is 0 Å². The van der Waals surface area contributed by atoms with Gasteiger partial charge in [0.25, 0.3) is 11.8 Å². The van der Waals surface area contributed by atoms with Crippen LogP contribution < -0.4 is 21.4 Å². The summed E-state index contributed by atoms with van der Waals surface area (Å²) in [6.07, 6.45) is 3.40. The molecule has 4 amide bonds. The van der Waals surface area contributed by atoms with E-state index in [1.807, 2.05) is 24.3 Å². The highest BCUT2D eigenvalue weighted by Crippen LogP contribution is 2.33. The van der Waals surface area contributed by atoms with E-state index in [1.54, 1.807) is 42.7 Å². The van der Waals surface area contributed by atoms with Crippen molar-refractivity contribution in [2.75, 3.05) is 6.54 Å². The highest BCUT2D eigenvalue weighted by Gasteiger charge is 2.50. The van der Waals surface area contributed by atoms with E-state index < -0.39 is 17.5 Å². The Morgan fingerprint density at radius 2 is 1.72 bits per heavy atom. The molecule has 0 radical (unpaired) electrons. The minimum atomic E-state index is -1.40. The smallest absolute Gasteiger partial charge is 0.322 e. The summed E-state index contributed by atoms with van der Waals surface area (Å²) >= 11 is 0. The molecule has 1 saturated heterocycles. The van der Waals surface area contributed by atoms with Gasteiger partial charge in [-0.25, -0.2) is 4.79 Å². The second kappa shape index (κ2) is 7.47. The lowest BCUT2D eigenvalue weighted by atomic mass is 9.88. The molecule has 0 bridgehead atoms. The number of carbonyl (C=O) groups excluding carboxylic acids is 3. The number of aromatic nitrogens is 1. The van der Waals surface area contributed by atoms with Crippen LogP contribution in [0.25, 0.3) is 11.1 Å². The molecule has 4 N–H and O–H groups in total. The summed E-state index contributed by atoms with van der Waals surface area (Å²) in [6, 6.07) is 15.4. The van der Waals surface area contributed by atoms with Crippen molar-refractivity contribution in [1.82, 2.24) is 20.5 Å². The van der Waals surface area contributed by atoms with Crippen LogP contribution in [0.2, 0.25) is 0 Å². The Labute approximate surface area is 183 Å². The number of carbonyl (C=O) groups is 3. The zero-order valence-electron chi connectivity index (χ0n) is 16.9. The molecule has 9 heteroatoms. The molecule has 1 fully saturated rings. The monoisotopic (exact) mass is 429 g/mol. The fourth-order valence-electron chi connectivity index (χ4n) is 4.23. The Morgan fingerprint density at radius 1 is 1.00 bits per heavy atom. The molecule has 9 nitrogen and oxygen atoms in total. The van der Waals surface area contributed by atoms with Gasteiger partial charge in [0, 0.05) is 24.5 Å². The van der Waals surface area contributed by atoms with Crippen LogP contribution in [0.1, 0.15) is 21.5 Å². The largest absolute Gasteiger partial charge is 0.412 e. The zero-order valence-corrected chi connectivity index (χ0v) is 16.9. The van der Waals surface area contributed by atoms with E-state index in [0.717, 1.165) is 16.7 Å². The number of imide groups is 1. The average molecular weight is 429 g/mol. The Bertz CT molecular complexity index is 1230. The summed E-state index contributed by atoms with van der Waals surface area (Å²) < 4.78 is 0. The molecule has 2 aromatic carbocycles. The molecule has 0 spiro atoms. The number of benzene rings is 2. The molecule has 0 aliphatic carbocycles. The summed E-state index contributed by atoms with van der Waals surface area (Å²) in [5.41, 5.74) is 2.34. The van der Waals surface area contributed by atoms with Gasteiger partial charge in [-0.15, -0.1) is 0 Å². The van der Waals surface area contributed by atoms with Gasteiger partial charge < -0.3 is 15.1 Å². The van der Waals surface area contributed by atoms with Gasteiger partial charge in [-0.3, -0.25) is 19.9 Å². The van der Waals surface area contributed by atoms with Gasteiger partial charge in [-0.2, -0.15) is 5.90 Å². The number of nitrogens with zero attached hydrogens (tertiary/aromatic N) is 2. The Hall–Kier alpha value is -4.24. The molecule has 1 atom stereocenters. The fraction of sp³-hybridized carbons (Fsp3) is 0.130. The molecule has 3 heterocycles. The van der Waals surface area contributed by atoms with Crippen LogP contribution in [-0.2, 0) is 16.9 Å². The quantitative estimate of drug-likeness (QED) is 0.419. The van der Waals surface area contributed by atoms with Gasteiger partial charge in [0.2, 0.25) is 0 Å². The third-order valence-electron chi connectivity index (χ3n) is 5.85. The fourth-order valence-corrected chi connectivity index (χ4v) is 4.23. The number of rotatable bonds is 5. The van der Waals surface area contributed by atoms with Crippen LogP contribution in [-0.4, -0.2) is 34.3 Å². The van der Waals surface area contributed by atoms with Gasteiger partial charge in [-0.05, 0) is 52.6 Å². The molecule has 1 aromatic heterocycles. The van der Waals surface area contributed by atoms with Crippen molar-refractivity contribution >= 4 is 17.8 Å². The van der Waals surface area contributed by atoms with E-state index in [-0.39, 0.29) is 19.0 Å². The van der Waals surface area contributed by atoms with Gasteiger partial charge >= 0.3 is 6.03 Å². The summed E-state index contributed by atoms with van der Waals surface area (Å²) in [6.45, 7) is 0.247. The average Bonchev–Trinajstić information content (AvgIpc) is 3.29. The Balaban J connectivity index is 1.48. The third kappa shape index (κ3) is 3.15. The molecular weight excluding hydrogens is 410 g/mol. The van der Waals surface area contributed by atoms with Crippen molar-refractivity contribution in [3.8, 4) is 16.9 Å². The Kier molecular flexibility index (Phi) is 4.60. The maximum Gasteiger partial charge on any atom is 0.322 e. The maximum absolute atomic E-state index is 13.0. The van der Waals surface area contributed by atoms with Crippen molar-refractivity contribution in [2.24, 2.45) is 5.90 Å². The second-order valence-electron chi connectivity index (χ2n) is 7.72. The standard InChI is InChI=1S/C23H19N5O4/c24-32-18-5-6-19-16(11-18)12-28(20(19)29)13-23(21(30)26-22(31)27-23)17-3-1-14(2-4-17)15-7-9-25-10-8-15/h1-11H,12-13,24H2,(H2,26,27,30,31)/t23-/m0/s1. The lowest BCUT2D eigenvalue weighted by Crippen LogP contribution is -2.52. The first-order valence-electron chi connectivity index (χ1n) is 9.94. The molecule has 2 aliphatic heterocycles. The maximum atomic E-state index is 13.0. The first-order valence-corrected chi connectivity index (χ1v) is 9.94. The first-order chi connectivity index (χ1) is 15.5. The Morgan fingerprint density at radius 3 is 2.38 bits per heavy atom. The lowest BCUT2D eigenvalue weighted by Gasteiger charge is -2.31. The second-order valence-corrected chi connectivity index (χ2v) is 7.72. The van der Waals surface area contributed by atoms with Crippen LogP contribution in [0.4, 0.5) is 4.79 Å². The predicted octanol–water partition coefficient (Wildman–Crippen LogP) is 1.69. The van der Waals surface area contributed by atoms with E-state index in [0.29, 0.717) is 16.9 Å². The molecule has 3 aromatic rings. The zero-order chi connectivity index (χ0) is 22.3. The van der Waals surface area contributed by atoms with E-state index in [9.17, 15) is 14.4 Å². The van der Waals surface area contributed by atoms with Gasteiger partial charge in [-0.1, -0.05) is 24.3 Å². The summed E-state index contributed by atoms with van der Waals surface area (Å²) in [5.74, 6) is 4.93. The normalized spacial score (nSPS) is 19.5. The highest BCUT2D eigenvalue weighted by molar-refractivity contribution is 6.08. The van der Waals surface area contributed by atoms with Crippen LogP contribution in [0, 0.1) is 0 Å². The van der Waals surface area contributed by atoms with Gasteiger partial charge in [0.1, 0.15) is 5.75 Å². The molecule has 0 unspecified atom stereocenters. The van der Waals surface area contributed by atoms with E-state index in [2.05, 4.69) is 15.6 Å². The molecule has 160 valence electrons. The number of pyridine rings is 1. The number of nitrogens with one attached hydrogen (secondary N) is 2. The van der Waals surface area contributed by atoms with Crippen molar-refractivity contribution < 1.29 is 19.2 Å². The van der Waals surface area contributed by atoms with Crippen molar-refractivity contribution in [2.45, 2.75) is 12.1 Å². The highest BCUT2D eigenvalue weighted by atomic mass is 16.6. The van der Waals surface area contributed by atoms with Gasteiger partial charge in [0.15, 0.2) is 5.54 Å². The molecule has 5 rings (SSSR count). The number of hydrogen-bond donors (Lipinski definition) is 3. The number of fused-ring (bicyclic) bond motifs is 1. The lowest BCUT2D eigenvalue weighted by molar-refractivity contribution is -0.124. The number of nitrogens with two attached hydrogens (primary N) is 1. The number of amides is 4. The summed E-state index contributed by atoms with van der Waals surface area (Å²) in [7, 11) is 0. The molecule has 0 saturated carbocycles. The summed E-state index contributed by atoms with van der Waals surface area (Å²) in [4.78, 5) is 48.4. The van der Waals surface area contributed by atoms with E-state index in [4.69, 9.17) is 10.7 Å². The van der Waals surface area contributed by atoms with Crippen molar-refractivity contribution in [3.05, 3.63) is 83.7 Å². The van der Waals surface area contributed by atoms with Crippen LogP contribution in [0.3, 0.4) is 0 Å². The molecule has 32 heavy (non-hydrogen) atoms. The number of urea groups is 1. The minimum absolute atomic E-state index is 0.0223. The summed E-state index contributed by atoms with van der Waals surface area (Å²) in [5, 5.41) is 5.05. The van der Waals surface area contributed by atoms with Crippen LogP contribution in [0.5, 0.6) is 5.75 Å². The van der Waals surface area contributed by atoms with Crippen LogP contribution >= 0.6 is 0 Å². The topological polar surface area (TPSA) is 127 Å². The molecule has 2 aliphatic rings. The SMILES string of the molecule is NOc1ccc2c(c1)CN(C[C@@]1(c3ccc(-c4ccncc4)cc3)NC(=O)NC1=O)C2=O. The number of hydrogen-bond acceptors (Lipinski definition) is 6. The first kappa shape index (κ1) is 19.7. The van der Waals surface area contributed by atoms with E-state index in [1.165, 1.54) is 4.90 Å². The molecular formula is C23H19N5O4. The van der Waals surface area contributed by atoms with Crippen molar-refractivity contribution in [1.29, 1.82) is 0 Å². The third-order valence-corrected chi connectivity index (χ3v) is 5.85. The van der Waals surface area contributed by atoms with Gasteiger partial charge in [0.05, 0.1) is 6.54 Å². The van der Waals surface area contributed by atoms with Crippen LogP contribution in [0.15, 0.2) is 67.0 Å². The minimum Gasteiger partial charge on any atom is -0.412 e. The predicted molar refractivity (Wildman–Crippen MR) is 114 cm³/mol. The van der Waals surface area contributed by atoms with Crippen molar-refractivity contribution in [3.63, 3.8) is 0 Å².